The monoisotopic (exact) mass is 151 g/mol. The highest BCUT2D eigenvalue weighted by Crippen LogP contribution is 2.03. The van der Waals surface area contributed by atoms with E-state index < -0.39 is 0 Å². The molecular formula is C6H9N5. The average Bonchev–Trinajstić information content (AvgIpc) is 2.34. The van der Waals surface area contributed by atoms with E-state index in [-0.39, 0.29) is 1.43 Å². The van der Waals surface area contributed by atoms with E-state index in [1.165, 1.54) is 4.63 Å². The molecule has 0 aliphatic carbocycles. The number of aromatic nitrogens is 5. The minimum Gasteiger partial charge on any atom is -0.152 e. The Balaban J connectivity index is 0.000000720. The molecule has 0 saturated carbocycles. The summed E-state index contributed by atoms with van der Waals surface area (Å²) in [7, 11) is 0. The Hall–Kier alpha value is -1.52. The van der Waals surface area contributed by atoms with Gasteiger partial charge < -0.3 is 0 Å². The Morgan fingerprint density at radius 2 is 2.27 bits per heavy atom. The second-order valence-electron chi connectivity index (χ2n) is 2.46. The fraction of sp³-hybridized carbons (Fsp3) is 0.333. The van der Waals surface area contributed by atoms with Crippen molar-refractivity contribution >= 4 is 5.65 Å². The Morgan fingerprint density at radius 3 is 3.09 bits per heavy atom. The number of tetrazole rings is 1. The van der Waals surface area contributed by atoms with Gasteiger partial charge in [-0.15, -0.1) is 9.73 Å². The third-order valence-electron chi connectivity index (χ3n) is 1.48. The number of fused-ring (bicyclic) bond motifs is 1. The van der Waals surface area contributed by atoms with Crippen LogP contribution >= 0.6 is 0 Å². The molecule has 5 heteroatoms. The Labute approximate surface area is 64.5 Å². The van der Waals surface area contributed by atoms with E-state index in [1.807, 2.05) is 19.9 Å². The van der Waals surface area contributed by atoms with Gasteiger partial charge in [0.1, 0.15) is 0 Å². The van der Waals surface area contributed by atoms with Gasteiger partial charge in [-0.05, 0) is 35.9 Å². The summed E-state index contributed by atoms with van der Waals surface area (Å²) in [4.78, 5) is 0. The van der Waals surface area contributed by atoms with Gasteiger partial charge in [-0.3, -0.25) is 0 Å². The lowest BCUT2D eigenvalue weighted by molar-refractivity contribution is 0.720. The molecule has 0 radical (unpaired) electrons. The van der Waals surface area contributed by atoms with Crippen LogP contribution in [0.2, 0.25) is 0 Å². The molecule has 0 fully saturated rings. The van der Waals surface area contributed by atoms with Gasteiger partial charge in [0.15, 0.2) is 0 Å². The molecule has 0 aliphatic rings. The summed E-state index contributed by atoms with van der Waals surface area (Å²) < 4.78 is 1.44. The molecule has 0 unspecified atom stereocenters. The minimum atomic E-state index is 0. The van der Waals surface area contributed by atoms with E-state index in [0.717, 1.165) is 16.9 Å². The van der Waals surface area contributed by atoms with Crippen LogP contribution in [0.5, 0.6) is 0 Å². The van der Waals surface area contributed by atoms with E-state index in [9.17, 15) is 0 Å². The van der Waals surface area contributed by atoms with Crippen LogP contribution in [0.1, 0.15) is 12.7 Å². The van der Waals surface area contributed by atoms with Crippen molar-refractivity contribution in [1.82, 2.24) is 25.3 Å². The minimum absolute atomic E-state index is 0. The van der Waals surface area contributed by atoms with E-state index in [4.69, 9.17) is 0 Å². The fourth-order valence-corrected chi connectivity index (χ4v) is 1.04. The van der Waals surface area contributed by atoms with Crippen LogP contribution in [-0.2, 0) is 0 Å². The van der Waals surface area contributed by atoms with Crippen LogP contribution in [0.25, 0.3) is 5.65 Å². The molecule has 2 aromatic rings. The summed E-state index contributed by atoms with van der Waals surface area (Å²) >= 11 is 0. The van der Waals surface area contributed by atoms with Crippen molar-refractivity contribution in [2.45, 2.75) is 13.8 Å². The molecule has 2 rings (SSSR count). The standard InChI is InChI=1S/C6H7N5.H2/c1-4-3-5(2)8-11-6(4)7-9-10-11;/h3H,1-2H3;1H. The first-order valence-corrected chi connectivity index (χ1v) is 3.30. The lowest BCUT2D eigenvalue weighted by Gasteiger charge is -1.94. The summed E-state index contributed by atoms with van der Waals surface area (Å²) in [5, 5.41) is 15.1. The number of hydrogen-bond acceptors (Lipinski definition) is 4. The van der Waals surface area contributed by atoms with Crippen molar-refractivity contribution in [1.29, 1.82) is 0 Å². The molecule has 0 atom stereocenters. The summed E-state index contributed by atoms with van der Waals surface area (Å²) in [6, 6.07) is 1.95. The first kappa shape index (κ1) is 6.21. The second-order valence-corrected chi connectivity index (χ2v) is 2.46. The third-order valence-corrected chi connectivity index (χ3v) is 1.48. The topological polar surface area (TPSA) is 56.0 Å². The molecule has 0 saturated heterocycles. The van der Waals surface area contributed by atoms with Crippen molar-refractivity contribution in [2.24, 2.45) is 0 Å². The van der Waals surface area contributed by atoms with E-state index >= 15 is 0 Å². The van der Waals surface area contributed by atoms with Crippen LogP contribution in [0, 0.1) is 13.8 Å². The van der Waals surface area contributed by atoms with Crippen LogP contribution in [0.3, 0.4) is 0 Å². The van der Waals surface area contributed by atoms with Crippen molar-refractivity contribution in [3.05, 3.63) is 17.3 Å². The molecule has 0 bridgehead atoms. The lowest BCUT2D eigenvalue weighted by atomic mass is 10.3. The van der Waals surface area contributed by atoms with Gasteiger partial charge >= 0.3 is 0 Å². The van der Waals surface area contributed by atoms with Gasteiger partial charge in [0.05, 0.1) is 5.69 Å². The maximum Gasteiger partial charge on any atom is 0.202 e. The summed E-state index contributed by atoms with van der Waals surface area (Å²) in [6.45, 7) is 3.87. The first-order chi connectivity index (χ1) is 5.27. The molecule has 0 aliphatic heterocycles. The number of aryl methyl sites for hydroxylation is 2. The molecular weight excluding hydrogens is 142 g/mol. The van der Waals surface area contributed by atoms with Gasteiger partial charge in [-0.2, -0.15) is 5.10 Å². The smallest absolute Gasteiger partial charge is 0.152 e. The quantitative estimate of drug-likeness (QED) is 0.546. The highest BCUT2D eigenvalue weighted by molar-refractivity contribution is 5.43. The lowest BCUT2D eigenvalue weighted by Crippen LogP contribution is -1.97. The SMILES string of the molecule is Cc1cc(C)c2nnnn2n1.[HH]. The van der Waals surface area contributed by atoms with E-state index in [0.29, 0.717) is 0 Å². The largest absolute Gasteiger partial charge is 0.202 e. The number of hydrogen-bond donors (Lipinski definition) is 0. The highest BCUT2D eigenvalue weighted by Gasteiger charge is 2.01. The molecule has 2 heterocycles. The molecule has 2 aromatic heterocycles. The molecule has 5 nitrogen and oxygen atoms in total. The number of rotatable bonds is 0. The van der Waals surface area contributed by atoms with Crippen molar-refractivity contribution < 1.29 is 1.43 Å². The van der Waals surface area contributed by atoms with Crippen LogP contribution < -0.4 is 0 Å². The Kier molecular flexibility index (Phi) is 1.12. The molecule has 11 heavy (non-hydrogen) atoms. The summed E-state index contributed by atoms with van der Waals surface area (Å²) in [6.07, 6.45) is 0. The fourth-order valence-electron chi connectivity index (χ4n) is 1.04. The highest BCUT2D eigenvalue weighted by atomic mass is 15.6. The zero-order valence-corrected chi connectivity index (χ0v) is 6.31. The van der Waals surface area contributed by atoms with Gasteiger partial charge in [0, 0.05) is 1.43 Å². The second kappa shape index (κ2) is 1.98. The van der Waals surface area contributed by atoms with Gasteiger partial charge in [0.25, 0.3) is 0 Å². The van der Waals surface area contributed by atoms with Crippen LogP contribution in [0.15, 0.2) is 6.07 Å². The predicted octanol–water partition coefficient (Wildman–Crippen LogP) is 0.382. The van der Waals surface area contributed by atoms with Gasteiger partial charge in [-0.1, -0.05) is 0 Å². The van der Waals surface area contributed by atoms with Gasteiger partial charge in [0.2, 0.25) is 5.65 Å². The van der Waals surface area contributed by atoms with E-state index in [2.05, 4.69) is 20.6 Å². The van der Waals surface area contributed by atoms with E-state index in [1.54, 1.807) is 0 Å². The molecule has 0 aromatic carbocycles. The summed E-state index contributed by atoms with van der Waals surface area (Å²) in [5.41, 5.74) is 2.68. The molecule has 58 valence electrons. The first-order valence-electron chi connectivity index (χ1n) is 3.30. The van der Waals surface area contributed by atoms with Gasteiger partial charge in [-0.25, -0.2) is 0 Å². The Bertz CT molecular complexity index is 396. The molecule has 0 amide bonds. The maximum absolute atomic E-state index is 4.08. The zero-order chi connectivity index (χ0) is 7.84. The van der Waals surface area contributed by atoms with Crippen LogP contribution in [-0.4, -0.2) is 25.3 Å². The van der Waals surface area contributed by atoms with Crippen molar-refractivity contribution in [3.63, 3.8) is 0 Å². The summed E-state index contributed by atoms with van der Waals surface area (Å²) in [5.74, 6) is 0. The van der Waals surface area contributed by atoms with Crippen molar-refractivity contribution in [2.75, 3.05) is 0 Å². The predicted molar refractivity (Wildman–Crippen MR) is 40.2 cm³/mol. The van der Waals surface area contributed by atoms with Crippen molar-refractivity contribution in [3.8, 4) is 0 Å². The maximum atomic E-state index is 4.08. The number of nitrogens with zero attached hydrogens (tertiary/aromatic N) is 5. The zero-order valence-electron chi connectivity index (χ0n) is 6.31. The average molecular weight is 151 g/mol. The van der Waals surface area contributed by atoms with Crippen LogP contribution in [0.4, 0.5) is 0 Å². The normalized spacial score (nSPS) is 10.7. The third kappa shape index (κ3) is 0.849. The molecule has 0 N–H and O–H groups in total. The Morgan fingerprint density at radius 1 is 1.45 bits per heavy atom. The molecule has 0 spiro atoms.